The van der Waals surface area contributed by atoms with Crippen LogP contribution in [0.2, 0.25) is 0 Å². The minimum absolute atomic E-state index is 0.308. The first kappa shape index (κ1) is 10.7. The molecule has 0 aliphatic heterocycles. The smallest absolute Gasteiger partial charge is 0.355 e. The maximum absolute atomic E-state index is 11.7. The quantitative estimate of drug-likeness (QED) is 0.804. The number of aromatic nitrogens is 2. The van der Waals surface area contributed by atoms with Crippen LogP contribution < -0.4 is 0 Å². The Balaban J connectivity index is 2.56. The number of hydrogen-bond acceptors (Lipinski definition) is 3. The molecule has 2 heterocycles. The summed E-state index contributed by atoms with van der Waals surface area (Å²) >= 11 is 0. The molecule has 0 aliphatic rings. The first-order valence-electron chi connectivity index (χ1n) is 5.40. The maximum atomic E-state index is 11.7. The number of hydrogen-bond donors (Lipinski definition) is 1. The topological polar surface area (TPSA) is 55.0 Å². The van der Waals surface area contributed by atoms with Crippen molar-refractivity contribution >= 4 is 17.0 Å². The lowest BCUT2D eigenvalue weighted by atomic mass is 10.1. The third-order valence-electron chi connectivity index (χ3n) is 2.51. The second kappa shape index (κ2) is 4.35. The van der Waals surface area contributed by atoms with Gasteiger partial charge in [0.1, 0.15) is 11.3 Å². The van der Waals surface area contributed by atoms with Gasteiger partial charge in [-0.25, -0.2) is 9.78 Å². The summed E-state index contributed by atoms with van der Waals surface area (Å²) in [7, 11) is 0. The van der Waals surface area contributed by atoms with Crippen molar-refractivity contribution < 1.29 is 9.53 Å². The van der Waals surface area contributed by atoms with Crippen molar-refractivity contribution in [3.8, 4) is 0 Å². The van der Waals surface area contributed by atoms with Crippen LogP contribution in [0.4, 0.5) is 0 Å². The van der Waals surface area contributed by atoms with E-state index in [0.717, 1.165) is 23.0 Å². The van der Waals surface area contributed by atoms with Gasteiger partial charge in [-0.15, -0.1) is 0 Å². The predicted molar refractivity (Wildman–Crippen MR) is 61.4 cm³/mol. The highest BCUT2D eigenvalue weighted by Gasteiger charge is 2.17. The third kappa shape index (κ3) is 1.66. The van der Waals surface area contributed by atoms with Gasteiger partial charge in [0.05, 0.1) is 6.61 Å². The van der Waals surface area contributed by atoms with Crippen LogP contribution in [0.5, 0.6) is 0 Å². The van der Waals surface area contributed by atoms with Crippen LogP contribution in [0, 0.1) is 0 Å². The summed E-state index contributed by atoms with van der Waals surface area (Å²) in [5, 5.41) is 0.994. The Kier molecular flexibility index (Phi) is 2.90. The Morgan fingerprint density at radius 2 is 2.31 bits per heavy atom. The molecule has 2 aromatic heterocycles. The molecule has 84 valence electrons. The molecule has 0 unspecified atom stereocenters. The van der Waals surface area contributed by atoms with Gasteiger partial charge in [0, 0.05) is 11.6 Å². The molecule has 0 aliphatic carbocycles. The molecule has 0 saturated carbocycles. The fourth-order valence-electron chi connectivity index (χ4n) is 1.82. The minimum atomic E-state index is -0.308. The summed E-state index contributed by atoms with van der Waals surface area (Å²) in [5.74, 6) is -0.308. The van der Waals surface area contributed by atoms with Crippen LogP contribution in [-0.2, 0) is 11.2 Å². The van der Waals surface area contributed by atoms with Crippen LogP contribution in [0.1, 0.15) is 29.9 Å². The standard InChI is InChI=1S/C12H14N2O2/c1-3-8-9-6-5-7-13-11(9)14-10(8)12(15)16-4-2/h5-7H,3-4H2,1-2H3,(H,13,14). The maximum Gasteiger partial charge on any atom is 0.355 e. The Morgan fingerprint density at radius 1 is 1.50 bits per heavy atom. The first-order valence-corrected chi connectivity index (χ1v) is 5.40. The van der Waals surface area contributed by atoms with Gasteiger partial charge in [0.15, 0.2) is 0 Å². The molecule has 4 nitrogen and oxygen atoms in total. The summed E-state index contributed by atoms with van der Waals surface area (Å²) in [6, 6.07) is 3.82. The van der Waals surface area contributed by atoms with E-state index in [2.05, 4.69) is 9.97 Å². The largest absolute Gasteiger partial charge is 0.461 e. The lowest BCUT2D eigenvalue weighted by Gasteiger charge is -2.01. The Bertz CT molecular complexity index is 517. The van der Waals surface area contributed by atoms with E-state index in [1.54, 1.807) is 13.1 Å². The van der Waals surface area contributed by atoms with Gasteiger partial charge in [0.2, 0.25) is 0 Å². The first-order chi connectivity index (χ1) is 7.77. The normalized spacial score (nSPS) is 10.6. The molecule has 0 spiro atoms. The van der Waals surface area contributed by atoms with E-state index in [1.807, 2.05) is 19.1 Å². The number of ether oxygens (including phenoxy) is 1. The number of aryl methyl sites for hydroxylation is 1. The molecule has 0 radical (unpaired) electrons. The van der Waals surface area contributed by atoms with Gasteiger partial charge < -0.3 is 9.72 Å². The fourth-order valence-corrected chi connectivity index (χ4v) is 1.82. The molecule has 1 N–H and O–H groups in total. The number of fused-ring (bicyclic) bond motifs is 1. The second-order valence-electron chi connectivity index (χ2n) is 3.45. The van der Waals surface area contributed by atoms with E-state index < -0.39 is 0 Å². The molecule has 4 heteroatoms. The highest BCUT2D eigenvalue weighted by atomic mass is 16.5. The van der Waals surface area contributed by atoms with Gasteiger partial charge in [-0.05, 0) is 31.0 Å². The van der Waals surface area contributed by atoms with Gasteiger partial charge >= 0.3 is 5.97 Å². The number of rotatable bonds is 3. The molecule has 2 aromatic rings. The number of aromatic amines is 1. The van der Waals surface area contributed by atoms with E-state index >= 15 is 0 Å². The van der Waals surface area contributed by atoms with Crippen LogP contribution in [-0.4, -0.2) is 22.5 Å². The van der Waals surface area contributed by atoms with Crippen molar-refractivity contribution in [3.05, 3.63) is 29.6 Å². The van der Waals surface area contributed by atoms with Gasteiger partial charge in [0.25, 0.3) is 0 Å². The molecule has 0 aromatic carbocycles. The zero-order valence-electron chi connectivity index (χ0n) is 9.41. The van der Waals surface area contributed by atoms with E-state index in [-0.39, 0.29) is 5.97 Å². The summed E-state index contributed by atoms with van der Waals surface area (Å²) in [4.78, 5) is 18.9. The minimum Gasteiger partial charge on any atom is -0.461 e. The number of esters is 1. The number of nitrogens with one attached hydrogen (secondary N) is 1. The van der Waals surface area contributed by atoms with Gasteiger partial charge in [-0.2, -0.15) is 0 Å². The lowest BCUT2D eigenvalue weighted by Crippen LogP contribution is -2.07. The van der Waals surface area contributed by atoms with E-state index in [9.17, 15) is 4.79 Å². The molecule has 0 amide bonds. The van der Waals surface area contributed by atoms with Crippen molar-refractivity contribution in [2.24, 2.45) is 0 Å². The zero-order valence-corrected chi connectivity index (χ0v) is 9.41. The third-order valence-corrected chi connectivity index (χ3v) is 2.51. The van der Waals surface area contributed by atoms with E-state index in [0.29, 0.717) is 12.3 Å². The highest BCUT2D eigenvalue weighted by Crippen LogP contribution is 2.21. The van der Waals surface area contributed by atoms with Crippen molar-refractivity contribution in [2.75, 3.05) is 6.61 Å². The van der Waals surface area contributed by atoms with Crippen molar-refractivity contribution in [3.63, 3.8) is 0 Å². The van der Waals surface area contributed by atoms with Crippen LogP contribution in [0.25, 0.3) is 11.0 Å². The van der Waals surface area contributed by atoms with Crippen molar-refractivity contribution in [1.29, 1.82) is 0 Å². The van der Waals surface area contributed by atoms with Crippen molar-refractivity contribution in [2.45, 2.75) is 20.3 Å². The molecule has 16 heavy (non-hydrogen) atoms. The molecule has 0 atom stereocenters. The zero-order chi connectivity index (χ0) is 11.5. The average Bonchev–Trinajstić information content (AvgIpc) is 2.67. The summed E-state index contributed by atoms with van der Waals surface area (Å²) in [6.45, 7) is 4.19. The summed E-state index contributed by atoms with van der Waals surface area (Å²) < 4.78 is 5.00. The summed E-state index contributed by atoms with van der Waals surface area (Å²) in [6.07, 6.45) is 2.48. The lowest BCUT2D eigenvalue weighted by molar-refractivity contribution is 0.0519. The molecule has 2 rings (SSSR count). The number of carbonyl (C=O) groups is 1. The Morgan fingerprint density at radius 3 is 3.00 bits per heavy atom. The monoisotopic (exact) mass is 218 g/mol. The highest BCUT2D eigenvalue weighted by molar-refractivity contribution is 5.97. The van der Waals surface area contributed by atoms with Crippen LogP contribution >= 0.6 is 0 Å². The van der Waals surface area contributed by atoms with Gasteiger partial charge in [-0.3, -0.25) is 0 Å². The second-order valence-corrected chi connectivity index (χ2v) is 3.45. The van der Waals surface area contributed by atoms with Gasteiger partial charge in [-0.1, -0.05) is 6.92 Å². The van der Waals surface area contributed by atoms with Crippen molar-refractivity contribution in [1.82, 2.24) is 9.97 Å². The van der Waals surface area contributed by atoms with E-state index in [1.165, 1.54) is 0 Å². The predicted octanol–water partition coefficient (Wildman–Crippen LogP) is 2.30. The number of carbonyl (C=O) groups excluding carboxylic acids is 1. The molecule has 0 saturated heterocycles. The Hall–Kier alpha value is -1.84. The molecular weight excluding hydrogens is 204 g/mol. The van der Waals surface area contributed by atoms with Crippen LogP contribution in [0.15, 0.2) is 18.3 Å². The SMILES string of the molecule is CCOC(=O)c1[nH]c2ncccc2c1CC. The van der Waals surface area contributed by atoms with E-state index in [4.69, 9.17) is 4.74 Å². The van der Waals surface area contributed by atoms with Crippen LogP contribution in [0.3, 0.4) is 0 Å². The molecule has 0 fully saturated rings. The Labute approximate surface area is 93.6 Å². The number of nitrogens with zero attached hydrogens (tertiary/aromatic N) is 1. The summed E-state index contributed by atoms with van der Waals surface area (Å²) in [5.41, 5.74) is 2.24. The number of pyridine rings is 1. The molecule has 0 bridgehead atoms. The number of H-pyrrole nitrogens is 1. The molecular formula is C12H14N2O2. The average molecular weight is 218 g/mol. The fraction of sp³-hybridized carbons (Fsp3) is 0.333.